The van der Waals surface area contributed by atoms with Crippen LogP contribution in [0.3, 0.4) is 0 Å². The number of pyridine rings is 1. The normalized spacial score (nSPS) is 10.5. The summed E-state index contributed by atoms with van der Waals surface area (Å²) in [5.74, 6) is 0.784. The molecule has 1 aromatic heterocycles. The molecular formula is C14H13BrINO2. The molecule has 1 aromatic carbocycles. The molecular weight excluding hydrogens is 421 g/mol. The molecule has 0 N–H and O–H groups in total. The quantitative estimate of drug-likeness (QED) is 0.687. The molecule has 0 aliphatic carbocycles. The van der Waals surface area contributed by atoms with Gasteiger partial charge in [0, 0.05) is 16.6 Å². The smallest absolute Gasteiger partial charge is 0.264 e. The highest BCUT2D eigenvalue weighted by molar-refractivity contribution is 14.1. The van der Waals surface area contributed by atoms with Gasteiger partial charge in [-0.1, -0.05) is 0 Å². The second-order valence-corrected chi connectivity index (χ2v) is 5.98. The van der Waals surface area contributed by atoms with Crippen LogP contribution in [0.25, 0.3) is 11.3 Å². The lowest BCUT2D eigenvalue weighted by Crippen LogP contribution is -2.22. The van der Waals surface area contributed by atoms with E-state index in [1.54, 1.807) is 11.7 Å². The summed E-state index contributed by atoms with van der Waals surface area (Å²) in [4.78, 5) is 12.1. The van der Waals surface area contributed by atoms with Crippen LogP contribution >= 0.6 is 38.5 Å². The van der Waals surface area contributed by atoms with Crippen molar-refractivity contribution >= 4 is 38.5 Å². The number of hydrogen-bond acceptors (Lipinski definition) is 2. The fraction of sp³-hybridized carbons (Fsp3) is 0.214. The van der Waals surface area contributed by atoms with E-state index in [0.717, 1.165) is 25.0 Å². The first kappa shape index (κ1) is 14.6. The minimum Gasteiger partial charge on any atom is -0.497 e. The Hall–Kier alpha value is -0.820. The molecule has 100 valence electrons. The molecule has 19 heavy (non-hydrogen) atoms. The van der Waals surface area contributed by atoms with E-state index in [-0.39, 0.29) is 5.56 Å². The molecule has 5 heteroatoms. The predicted octanol–water partition coefficient (Wildman–Crippen LogP) is 3.91. The van der Waals surface area contributed by atoms with Crippen LogP contribution in [0.2, 0.25) is 0 Å². The van der Waals surface area contributed by atoms with Crippen molar-refractivity contribution in [3.05, 3.63) is 48.7 Å². The molecule has 1 heterocycles. The zero-order chi connectivity index (χ0) is 14.0. The minimum atomic E-state index is 0.0447. The summed E-state index contributed by atoms with van der Waals surface area (Å²) in [5.41, 5.74) is 1.93. The van der Waals surface area contributed by atoms with Gasteiger partial charge in [-0.2, -0.15) is 0 Å². The lowest BCUT2D eigenvalue weighted by molar-refractivity contribution is 0.414. The van der Waals surface area contributed by atoms with Crippen LogP contribution in [0, 0.1) is 3.57 Å². The van der Waals surface area contributed by atoms with E-state index in [1.807, 2.05) is 37.3 Å². The molecule has 0 saturated carbocycles. The van der Waals surface area contributed by atoms with Gasteiger partial charge in [-0.25, -0.2) is 0 Å². The monoisotopic (exact) mass is 433 g/mol. The van der Waals surface area contributed by atoms with Gasteiger partial charge in [0.05, 0.1) is 16.4 Å². The summed E-state index contributed by atoms with van der Waals surface area (Å²) in [6, 6.07) is 9.57. The van der Waals surface area contributed by atoms with Crippen LogP contribution in [0.4, 0.5) is 0 Å². The highest BCUT2D eigenvalue weighted by Crippen LogP contribution is 2.31. The van der Waals surface area contributed by atoms with Crippen LogP contribution in [0.5, 0.6) is 5.75 Å². The SMILES string of the molecule is CCn1c(-c2ccc(OC)cc2Br)ccc(I)c1=O. The Morgan fingerprint density at radius 1 is 1.32 bits per heavy atom. The summed E-state index contributed by atoms with van der Waals surface area (Å²) >= 11 is 5.60. The molecule has 0 saturated heterocycles. The topological polar surface area (TPSA) is 31.2 Å². The minimum absolute atomic E-state index is 0.0447. The van der Waals surface area contributed by atoms with Crippen molar-refractivity contribution in [2.75, 3.05) is 7.11 Å². The van der Waals surface area contributed by atoms with Gasteiger partial charge in [-0.15, -0.1) is 0 Å². The van der Waals surface area contributed by atoms with Crippen molar-refractivity contribution in [3.63, 3.8) is 0 Å². The van der Waals surface area contributed by atoms with Gasteiger partial charge in [-0.3, -0.25) is 4.79 Å². The van der Waals surface area contributed by atoms with Crippen LogP contribution < -0.4 is 10.3 Å². The summed E-state index contributed by atoms with van der Waals surface area (Å²) in [6.45, 7) is 2.61. The van der Waals surface area contributed by atoms with Gasteiger partial charge < -0.3 is 9.30 Å². The molecule has 2 aromatic rings. The van der Waals surface area contributed by atoms with Crippen LogP contribution in [0.1, 0.15) is 6.92 Å². The zero-order valence-electron chi connectivity index (χ0n) is 10.6. The summed E-state index contributed by atoms with van der Waals surface area (Å²) < 4.78 is 8.60. The Labute approximate surface area is 133 Å². The maximum atomic E-state index is 12.1. The largest absolute Gasteiger partial charge is 0.497 e. The number of methoxy groups -OCH3 is 1. The second kappa shape index (κ2) is 6.09. The Bertz CT molecular complexity index is 667. The summed E-state index contributed by atoms with van der Waals surface area (Å²) in [5, 5.41) is 0. The Balaban J connectivity index is 2.66. The fourth-order valence-corrected chi connectivity index (χ4v) is 2.96. The molecule has 0 atom stereocenters. The highest BCUT2D eigenvalue weighted by atomic mass is 127. The molecule has 2 rings (SSSR count). The first-order chi connectivity index (χ1) is 9.08. The maximum absolute atomic E-state index is 12.1. The van der Waals surface area contributed by atoms with Crippen molar-refractivity contribution in [3.8, 4) is 17.0 Å². The molecule has 0 fully saturated rings. The number of halogens is 2. The van der Waals surface area contributed by atoms with Crippen molar-refractivity contribution in [2.45, 2.75) is 13.5 Å². The third kappa shape index (κ3) is 2.86. The van der Waals surface area contributed by atoms with Crippen molar-refractivity contribution < 1.29 is 4.74 Å². The van der Waals surface area contributed by atoms with E-state index >= 15 is 0 Å². The average Bonchev–Trinajstić information content (AvgIpc) is 2.42. The molecule has 0 radical (unpaired) electrons. The molecule has 0 aliphatic heterocycles. The van der Waals surface area contributed by atoms with E-state index < -0.39 is 0 Å². The third-order valence-corrected chi connectivity index (χ3v) is 4.37. The van der Waals surface area contributed by atoms with Crippen molar-refractivity contribution in [1.29, 1.82) is 0 Å². The Kier molecular flexibility index (Phi) is 4.67. The Morgan fingerprint density at radius 2 is 2.05 bits per heavy atom. The number of ether oxygens (including phenoxy) is 1. The van der Waals surface area contributed by atoms with Gasteiger partial charge in [0.2, 0.25) is 0 Å². The van der Waals surface area contributed by atoms with Crippen LogP contribution in [-0.2, 0) is 6.54 Å². The van der Waals surface area contributed by atoms with E-state index in [4.69, 9.17) is 4.74 Å². The first-order valence-electron chi connectivity index (χ1n) is 5.81. The van der Waals surface area contributed by atoms with Crippen LogP contribution in [0.15, 0.2) is 39.6 Å². The molecule has 0 bridgehead atoms. The van der Waals surface area contributed by atoms with Gasteiger partial charge >= 0.3 is 0 Å². The van der Waals surface area contributed by atoms with Crippen molar-refractivity contribution in [2.24, 2.45) is 0 Å². The number of benzene rings is 1. The summed E-state index contributed by atoms with van der Waals surface area (Å²) in [6.07, 6.45) is 0. The van der Waals surface area contributed by atoms with Crippen LogP contribution in [-0.4, -0.2) is 11.7 Å². The lowest BCUT2D eigenvalue weighted by Gasteiger charge is -2.13. The van der Waals surface area contributed by atoms with E-state index in [1.165, 1.54) is 0 Å². The van der Waals surface area contributed by atoms with Gasteiger partial charge in [0.25, 0.3) is 5.56 Å². The van der Waals surface area contributed by atoms with E-state index in [0.29, 0.717) is 6.54 Å². The van der Waals surface area contributed by atoms with E-state index in [9.17, 15) is 4.79 Å². The molecule has 0 amide bonds. The molecule has 0 aliphatic rings. The standard InChI is InChI=1S/C14H13BrINO2/c1-3-17-13(7-6-12(16)14(17)18)10-5-4-9(19-2)8-11(10)15/h4-8H,3H2,1-2H3. The Morgan fingerprint density at radius 3 is 2.63 bits per heavy atom. The third-order valence-electron chi connectivity index (χ3n) is 2.90. The number of hydrogen-bond donors (Lipinski definition) is 0. The number of rotatable bonds is 3. The summed E-state index contributed by atoms with van der Waals surface area (Å²) in [7, 11) is 1.63. The van der Waals surface area contributed by atoms with Gasteiger partial charge in [0.1, 0.15) is 5.75 Å². The molecule has 3 nitrogen and oxygen atoms in total. The number of aromatic nitrogens is 1. The molecule has 0 unspecified atom stereocenters. The van der Waals surface area contributed by atoms with Gasteiger partial charge in [-0.05, 0) is 75.8 Å². The highest BCUT2D eigenvalue weighted by Gasteiger charge is 2.11. The van der Waals surface area contributed by atoms with Gasteiger partial charge in [0.15, 0.2) is 0 Å². The second-order valence-electron chi connectivity index (χ2n) is 3.96. The number of nitrogens with zero attached hydrogens (tertiary/aromatic N) is 1. The zero-order valence-corrected chi connectivity index (χ0v) is 14.4. The predicted molar refractivity (Wildman–Crippen MR) is 88.8 cm³/mol. The maximum Gasteiger partial charge on any atom is 0.264 e. The van der Waals surface area contributed by atoms with Crippen molar-refractivity contribution in [1.82, 2.24) is 4.57 Å². The fourth-order valence-electron chi connectivity index (χ4n) is 1.93. The molecule has 0 spiro atoms. The first-order valence-corrected chi connectivity index (χ1v) is 7.69. The van der Waals surface area contributed by atoms with E-state index in [2.05, 4.69) is 38.5 Å². The lowest BCUT2D eigenvalue weighted by atomic mass is 10.1. The average molecular weight is 434 g/mol.